The van der Waals surface area contributed by atoms with Gasteiger partial charge in [-0.15, -0.1) is 0 Å². The summed E-state index contributed by atoms with van der Waals surface area (Å²) in [6.45, 7) is 3.67. The summed E-state index contributed by atoms with van der Waals surface area (Å²) in [7, 11) is 0. The largest absolute Gasteiger partial charge is 0.338 e. The van der Waals surface area contributed by atoms with E-state index in [-0.39, 0.29) is 24.1 Å². The van der Waals surface area contributed by atoms with Gasteiger partial charge in [-0.25, -0.2) is 0 Å². The summed E-state index contributed by atoms with van der Waals surface area (Å²) in [5.74, 6) is -1.05. The Labute approximate surface area is 187 Å². The van der Waals surface area contributed by atoms with E-state index in [1.807, 2.05) is 79.7 Å². The van der Waals surface area contributed by atoms with Crippen LogP contribution in [0.25, 0.3) is 0 Å². The average molecular weight is 428 g/mol. The molecular weight excluding hydrogens is 402 g/mol. The number of aryl methyl sites for hydroxylation is 1. The third kappa shape index (κ3) is 4.12. The molecule has 6 nitrogen and oxygen atoms in total. The van der Waals surface area contributed by atoms with Crippen LogP contribution in [0.15, 0.2) is 78.9 Å². The molecular formula is C26H25N3O3. The molecule has 1 heterocycles. The van der Waals surface area contributed by atoms with Crippen molar-refractivity contribution in [3.05, 3.63) is 95.6 Å². The third-order valence-electron chi connectivity index (χ3n) is 5.60. The van der Waals surface area contributed by atoms with Gasteiger partial charge >= 0.3 is 0 Å². The van der Waals surface area contributed by atoms with Crippen LogP contribution in [0.1, 0.15) is 30.0 Å². The van der Waals surface area contributed by atoms with Crippen LogP contribution in [-0.4, -0.2) is 17.7 Å². The monoisotopic (exact) mass is 427 g/mol. The van der Waals surface area contributed by atoms with Gasteiger partial charge in [0.15, 0.2) is 5.54 Å². The van der Waals surface area contributed by atoms with E-state index in [1.165, 1.54) is 6.92 Å². The van der Waals surface area contributed by atoms with E-state index in [9.17, 15) is 14.4 Å². The van der Waals surface area contributed by atoms with Gasteiger partial charge in [0.25, 0.3) is 5.91 Å². The first-order valence-electron chi connectivity index (χ1n) is 10.5. The fraction of sp³-hybridized carbons (Fsp3) is 0.192. The van der Waals surface area contributed by atoms with E-state index in [0.717, 1.165) is 11.1 Å². The Bertz CT molecular complexity index is 1160. The number of amides is 3. The van der Waals surface area contributed by atoms with Crippen LogP contribution >= 0.6 is 0 Å². The van der Waals surface area contributed by atoms with Gasteiger partial charge in [-0.05, 0) is 30.7 Å². The van der Waals surface area contributed by atoms with E-state index >= 15 is 0 Å². The maximum absolute atomic E-state index is 13.8. The van der Waals surface area contributed by atoms with Gasteiger partial charge in [0.05, 0.1) is 18.7 Å². The maximum Gasteiger partial charge on any atom is 0.258 e. The Hall–Kier alpha value is -3.93. The Kier molecular flexibility index (Phi) is 5.77. The highest BCUT2D eigenvalue weighted by Crippen LogP contribution is 2.43. The van der Waals surface area contributed by atoms with Gasteiger partial charge in [-0.3, -0.25) is 14.4 Å². The number of carbonyl (C=O) groups is 3. The van der Waals surface area contributed by atoms with Crippen molar-refractivity contribution >= 4 is 29.1 Å². The standard InChI is InChI=1S/C26H25N3O3/c1-18-12-14-21(15-13-18)27-24(31)16-26(28-19(2)30)22-10-6-7-11-23(22)29(25(26)32)17-20-8-4-3-5-9-20/h3-15H,16-17H2,1-2H3,(H,27,31)(H,28,30). The first-order chi connectivity index (χ1) is 15.4. The molecule has 6 heteroatoms. The lowest BCUT2D eigenvalue weighted by molar-refractivity contribution is -0.133. The molecule has 1 atom stereocenters. The fourth-order valence-corrected chi connectivity index (χ4v) is 4.17. The van der Waals surface area contributed by atoms with E-state index in [4.69, 9.17) is 0 Å². The normalized spacial score (nSPS) is 17.1. The van der Waals surface area contributed by atoms with Crippen molar-refractivity contribution in [1.29, 1.82) is 0 Å². The number of fused-ring (bicyclic) bond motifs is 1. The smallest absolute Gasteiger partial charge is 0.258 e. The lowest BCUT2D eigenvalue weighted by Gasteiger charge is -2.29. The second-order valence-corrected chi connectivity index (χ2v) is 8.07. The molecule has 0 saturated heterocycles. The van der Waals surface area contributed by atoms with Crippen molar-refractivity contribution in [1.82, 2.24) is 5.32 Å². The predicted molar refractivity (Wildman–Crippen MR) is 124 cm³/mol. The second kappa shape index (κ2) is 8.67. The Balaban J connectivity index is 1.69. The van der Waals surface area contributed by atoms with E-state index in [0.29, 0.717) is 23.5 Å². The molecule has 3 amide bonds. The highest BCUT2D eigenvalue weighted by atomic mass is 16.2. The molecule has 0 aliphatic carbocycles. The number of rotatable bonds is 6. The molecule has 1 aliphatic rings. The van der Waals surface area contributed by atoms with Gasteiger partial charge in [0.2, 0.25) is 11.8 Å². The van der Waals surface area contributed by atoms with Gasteiger partial charge in [-0.1, -0.05) is 66.2 Å². The molecule has 4 rings (SSSR count). The van der Waals surface area contributed by atoms with Crippen molar-refractivity contribution in [3.8, 4) is 0 Å². The minimum atomic E-state index is -1.47. The van der Waals surface area contributed by atoms with Crippen LogP contribution in [0, 0.1) is 6.92 Å². The number of benzene rings is 3. The zero-order valence-corrected chi connectivity index (χ0v) is 18.1. The molecule has 1 unspecified atom stereocenters. The molecule has 0 aromatic heterocycles. The van der Waals surface area contributed by atoms with Crippen LogP contribution in [0.5, 0.6) is 0 Å². The minimum absolute atomic E-state index is 0.207. The maximum atomic E-state index is 13.8. The number of hydrogen-bond donors (Lipinski definition) is 2. The number of nitrogens with one attached hydrogen (secondary N) is 2. The van der Waals surface area contributed by atoms with Crippen molar-refractivity contribution in [3.63, 3.8) is 0 Å². The lowest BCUT2D eigenvalue weighted by Crippen LogP contribution is -2.54. The molecule has 32 heavy (non-hydrogen) atoms. The molecule has 0 bridgehead atoms. The summed E-state index contributed by atoms with van der Waals surface area (Å²) in [6.07, 6.45) is -0.207. The first kappa shape index (κ1) is 21.3. The molecule has 0 radical (unpaired) electrons. The van der Waals surface area contributed by atoms with Gasteiger partial charge in [0, 0.05) is 18.2 Å². The van der Waals surface area contributed by atoms with E-state index < -0.39 is 5.54 Å². The van der Waals surface area contributed by atoms with Crippen LogP contribution in [0.4, 0.5) is 11.4 Å². The topological polar surface area (TPSA) is 78.5 Å². The van der Waals surface area contributed by atoms with Crippen LogP contribution < -0.4 is 15.5 Å². The average Bonchev–Trinajstić information content (AvgIpc) is 2.98. The first-order valence-corrected chi connectivity index (χ1v) is 10.5. The van der Waals surface area contributed by atoms with Gasteiger partial charge in [-0.2, -0.15) is 0 Å². The SMILES string of the molecule is CC(=O)NC1(CC(=O)Nc2ccc(C)cc2)C(=O)N(Cc2ccccc2)c2ccccc21. The highest BCUT2D eigenvalue weighted by molar-refractivity contribution is 6.12. The number of nitrogens with zero attached hydrogens (tertiary/aromatic N) is 1. The predicted octanol–water partition coefficient (Wildman–Crippen LogP) is 3.90. The van der Waals surface area contributed by atoms with Gasteiger partial charge < -0.3 is 15.5 Å². The summed E-state index contributed by atoms with van der Waals surface area (Å²) in [6, 6.07) is 24.4. The molecule has 3 aromatic rings. The highest BCUT2D eigenvalue weighted by Gasteiger charge is 2.52. The number of carbonyl (C=O) groups excluding carboxylic acids is 3. The number of para-hydroxylation sites is 1. The Morgan fingerprint density at radius 1 is 0.906 bits per heavy atom. The van der Waals surface area contributed by atoms with E-state index in [2.05, 4.69) is 10.6 Å². The summed E-state index contributed by atoms with van der Waals surface area (Å²) in [5, 5.41) is 5.66. The molecule has 0 saturated carbocycles. The summed E-state index contributed by atoms with van der Waals surface area (Å²) < 4.78 is 0. The Morgan fingerprint density at radius 2 is 1.56 bits per heavy atom. The Morgan fingerprint density at radius 3 is 2.25 bits per heavy atom. The summed E-state index contributed by atoms with van der Waals surface area (Å²) in [4.78, 5) is 40.6. The van der Waals surface area contributed by atoms with Crippen molar-refractivity contribution in [2.75, 3.05) is 10.2 Å². The summed E-state index contributed by atoms with van der Waals surface area (Å²) in [5.41, 5.74) is 2.52. The molecule has 162 valence electrons. The van der Waals surface area contributed by atoms with Gasteiger partial charge in [0.1, 0.15) is 0 Å². The van der Waals surface area contributed by atoms with Crippen LogP contribution in [0.2, 0.25) is 0 Å². The fourth-order valence-electron chi connectivity index (χ4n) is 4.17. The van der Waals surface area contributed by atoms with Crippen molar-refractivity contribution in [2.24, 2.45) is 0 Å². The quantitative estimate of drug-likeness (QED) is 0.626. The zero-order chi connectivity index (χ0) is 22.7. The number of hydrogen-bond acceptors (Lipinski definition) is 3. The molecule has 2 N–H and O–H groups in total. The van der Waals surface area contributed by atoms with E-state index in [1.54, 1.807) is 11.0 Å². The minimum Gasteiger partial charge on any atom is -0.338 e. The number of anilines is 2. The zero-order valence-electron chi connectivity index (χ0n) is 18.1. The third-order valence-corrected chi connectivity index (χ3v) is 5.60. The summed E-state index contributed by atoms with van der Waals surface area (Å²) >= 11 is 0. The van der Waals surface area contributed by atoms with Crippen LogP contribution in [0.3, 0.4) is 0 Å². The van der Waals surface area contributed by atoms with Crippen molar-refractivity contribution in [2.45, 2.75) is 32.4 Å². The van der Waals surface area contributed by atoms with Crippen molar-refractivity contribution < 1.29 is 14.4 Å². The molecule has 0 fully saturated rings. The van der Waals surface area contributed by atoms with Crippen LogP contribution in [-0.2, 0) is 26.5 Å². The lowest BCUT2D eigenvalue weighted by atomic mass is 9.87. The molecule has 3 aromatic carbocycles. The molecule has 0 spiro atoms. The molecule has 1 aliphatic heterocycles. The second-order valence-electron chi connectivity index (χ2n) is 8.07.